The van der Waals surface area contributed by atoms with E-state index in [0.29, 0.717) is 52.3 Å². The van der Waals surface area contributed by atoms with E-state index in [0.717, 1.165) is 0 Å². The number of piperidine rings is 1. The van der Waals surface area contributed by atoms with Crippen LogP contribution >= 0.6 is 34.8 Å². The van der Waals surface area contributed by atoms with Crippen LogP contribution in [-0.4, -0.2) is 44.9 Å². The quantitative estimate of drug-likeness (QED) is 0.540. The minimum absolute atomic E-state index is 0.154. The molecule has 1 heterocycles. The molecular formula is C21H23Cl3N2O4S. The minimum atomic E-state index is -3.59. The van der Waals surface area contributed by atoms with Gasteiger partial charge in [-0.3, -0.25) is 4.79 Å². The number of hydrogen-bond acceptors (Lipinski definition) is 4. The summed E-state index contributed by atoms with van der Waals surface area (Å²) in [5.41, 5.74) is 0.553. The van der Waals surface area contributed by atoms with E-state index in [-0.39, 0.29) is 24.8 Å². The summed E-state index contributed by atoms with van der Waals surface area (Å²) in [5, 5.41) is 4.00. The van der Waals surface area contributed by atoms with E-state index < -0.39 is 15.9 Å². The Morgan fingerprint density at radius 2 is 1.87 bits per heavy atom. The first-order valence-corrected chi connectivity index (χ1v) is 12.6. The molecule has 0 saturated carbocycles. The zero-order chi connectivity index (χ0) is 22.4. The summed E-state index contributed by atoms with van der Waals surface area (Å²) < 4.78 is 32.6. The molecule has 1 fully saturated rings. The van der Waals surface area contributed by atoms with E-state index in [9.17, 15) is 13.2 Å². The zero-order valence-corrected chi connectivity index (χ0v) is 19.8. The Kier molecular flexibility index (Phi) is 8.47. The highest BCUT2D eigenvalue weighted by Crippen LogP contribution is 2.26. The van der Waals surface area contributed by atoms with Crippen LogP contribution in [0.15, 0.2) is 42.5 Å². The van der Waals surface area contributed by atoms with Gasteiger partial charge >= 0.3 is 0 Å². The maximum Gasteiger partial charge on any atom is 0.224 e. The van der Waals surface area contributed by atoms with E-state index in [1.807, 2.05) is 6.07 Å². The van der Waals surface area contributed by atoms with Crippen molar-refractivity contribution < 1.29 is 17.9 Å². The molecule has 1 atom stereocenters. The van der Waals surface area contributed by atoms with Gasteiger partial charge in [-0.25, -0.2) is 12.7 Å². The van der Waals surface area contributed by atoms with Gasteiger partial charge in [-0.2, -0.15) is 0 Å². The van der Waals surface area contributed by atoms with Crippen LogP contribution in [0.5, 0.6) is 5.75 Å². The van der Waals surface area contributed by atoms with E-state index >= 15 is 0 Å². The molecule has 10 heteroatoms. The summed E-state index contributed by atoms with van der Waals surface area (Å²) in [4.78, 5) is 12.5. The van der Waals surface area contributed by atoms with Gasteiger partial charge in [0, 0.05) is 13.1 Å². The highest BCUT2D eigenvalue weighted by atomic mass is 35.5. The number of para-hydroxylation sites is 1. The number of nitrogens with zero attached hydrogens (tertiary/aromatic N) is 1. The smallest absolute Gasteiger partial charge is 0.224 e. The van der Waals surface area contributed by atoms with Gasteiger partial charge in [0.1, 0.15) is 12.4 Å². The molecule has 3 rings (SSSR count). The summed E-state index contributed by atoms with van der Waals surface area (Å²) in [6, 6.07) is 11.9. The number of hydrogen-bond donors (Lipinski definition) is 1. The van der Waals surface area contributed by atoms with Crippen LogP contribution in [0.2, 0.25) is 15.1 Å². The average Bonchev–Trinajstić information content (AvgIpc) is 2.75. The average molecular weight is 506 g/mol. The summed E-state index contributed by atoms with van der Waals surface area (Å²) in [6.07, 6.45) is 1.25. The normalized spacial score (nSPS) is 17.3. The third-order valence-corrected chi connectivity index (χ3v) is 7.84. The second-order valence-electron chi connectivity index (χ2n) is 7.27. The fourth-order valence-corrected chi connectivity index (χ4v) is 5.49. The molecule has 31 heavy (non-hydrogen) atoms. The van der Waals surface area contributed by atoms with Gasteiger partial charge in [-0.05, 0) is 42.7 Å². The number of sulfonamides is 1. The molecular weight excluding hydrogens is 483 g/mol. The van der Waals surface area contributed by atoms with E-state index in [1.54, 1.807) is 36.4 Å². The first kappa shape index (κ1) is 24.1. The number of carbonyl (C=O) groups excluding carboxylic acids is 1. The Morgan fingerprint density at radius 1 is 1.10 bits per heavy atom. The standard InChI is InChI=1S/C21H23Cl3N2O4S/c22-17-8-7-15(12-19(17)24)14-31(28,29)26-10-3-4-16(13-26)21(27)25-9-11-30-20-6-2-1-5-18(20)23/h1-2,5-8,12,16H,3-4,9-11,13-14H2,(H,25,27). The monoisotopic (exact) mass is 504 g/mol. The molecule has 168 valence electrons. The van der Waals surface area contributed by atoms with Crippen LogP contribution in [0.1, 0.15) is 18.4 Å². The zero-order valence-electron chi connectivity index (χ0n) is 16.7. The van der Waals surface area contributed by atoms with Gasteiger partial charge in [-0.1, -0.05) is 53.0 Å². The number of ether oxygens (including phenoxy) is 1. The summed E-state index contributed by atoms with van der Waals surface area (Å²) in [7, 11) is -3.59. The summed E-state index contributed by atoms with van der Waals surface area (Å²) in [5.74, 6) is -0.227. The largest absolute Gasteiger partial charge is 0.490 e. The predicted octanol–water partition coefficient (Wildman–Crippen LogP) is 4.38. The Hall–Kier alpha value is -1.51. The molecule has 2 aromatic rings. The minimum Gasteiger partial charge on any atom is -0.490 e. The molecule has 0 bridgehead atoms. The van der Waals surface area contributed by atoms with Crippen LogP contribution in [0.25, 0.3) is 0 Å². The van der Waals surface area contributed by atoms with Crippen molar-refractivity contribution in [2.45, 2.75) is 18.6 Å². The number of nitrogens with one attached hydrogen (secondary N) is 1. The van der Waals surface area contributed by atoms with Crippen LogP contribution in [0.4, 0.5) is 0 Å². The second kappa shape index (κ2) is 10.9. The Bertz CT molecular complexity index is 1030. The van der Waals surface area contributed by atoms with Crippen LogP contribution < -0.4 is 10.1 Å². The number of rotatable bonds is 8. The summed E-state index contributed by atoms with van der Waals surface area (Å²) in [6.45, 7) is 1.11. The topological polar surface area (TPSA) is 75.7 Å². The molecule has 1 unspecified atom stereocenters. The SMILES string of the molecule is O=C(NCCOc1ccccc1Cl)C1CCCN(S(=O)(=O)Cc2ccc(Cl)c(Cl)c2)C1. The van der Waals surface area contributed by atoms with Gasteiger partial charge < -0.3 is 10.1 Å². The maximum atomic E-state index is 12.9. The lowest BCUT2D eigenvalue weighted by atomic mass is 9.99. The van der Waals surface area contributed by atoms with Crippen molar-refractivity contribution in [3.05, 3.63) is 63.1 Å². The van der Waals surface area contributed by atoms with Crippen molar-refractivity contribution in [1.29, 1.82) is 0 Å². The van der Waals surface area contributed by atoms with Gasteiger partial charge in [0.15, 0.2) is 0 Å². The predicted molar refractivity (Wildman–Crippen MR) is 123 cm³/mol. The van der Waals surface area contributed by atoms with Gasteiger partial charge in [0.25, 0.3) is 0 Å². The highest BCUT2D eigenvalue weighted by Gasteiger charge is 2.32. The molecule has 1 aliphatic heterocycles. The molecule has 0 spiro atoms. The molecule has 1 aliphatic rings. The molecule has 6 nitrogen and oxygen atoms in total. The van der Waals surface area contributed by atoms with Gasteiger partial charge in [0.2, 0.25) is 15.9 Å². The Labute approximate surface area is 197 Å². The molecule has 1 saturated heterocycles. The molecule has 0 aliphatic carbocycles. The fraction of sp³-hybridized carbons (Fsp3) is 0.381. The number of benzene rings is 2. The number of amides is 1. The van der Waals surface area contributed by atoms with Crippen molar-refractivity contribution in [3.63, 3.8) is 0 Å². The highest BCUT2D eigenvalue weighted by molar-refractivity contribution is 7.88. The lowest BCUT2D eigenvalue weighted by molar-refractivity contribution is -0.126. The third-order valence-electron chi connectivity index (χ3n) is 4.98. The summed E-state index contributed by atoms with van der Waals surface area (Å²) >= 11 is 17.9. The Morgan fingerprint density at radius 3 is 2.61 bits per heavy atom. The Balaban J connectivity index is 1.51. The fourth-order valence-electron chi connectivity index (χ4n) is 3.38. The maximum absolute atomic E-state index is 12.9. The van der Waals surface area contributed by atoms with E-state index in [2.05, 4.69) is 5.32 Å². The lowest BCUT2D eigenvalue weighted by Gasteiger charge is -2.31. The molecule has 0 aromatic heterocycles. The van der Waals surface area contributed by atoms with Crippen LogP contribution in [-0.2, 0) is 20.6 Å². The number of carbonyl (C=O) groups is 1. The van der Waals surface area contributed by atoms with E-state index in [1.165, 1.54) is 4.31 Å². The van der Waals surface area contributed by atoms with Gasteiger partial charge in [-0.15, -0.1) is 0 Å². The van der Waals surface area contributed by atoms with Crippen molar-refractivity contribution in [2.24, 2.45) is 5.92 Å². The molecule has 0 radical (unpaired) electrons. The van der Waals surface area contributed by atoms with Crippen LogP contribution in [0.3, 0.4) is 0 Å². The van der Waals surface area contributed by atoms with Crippen molar-refractivity contribution in [1.82, 2.24) is 9.62 Å². The number of halogens is 3. The molecule has 1 N–H and O–H groups in total. The van der Waals surface area contributed by atoms with Crippen molar-refractivity contribution in [3.8, 4) is 5.75 Å². The van der Waals surface area contributed by atoms with Gasteiger partial charge in [0.05, 0.1) is 33.3 Å². The van der Waals surface area contributed by atoms with Crippen molar-refractivity contribution >= 4 is 50.7 Å². The third kappa shape index (κ3) is 6.73. The van der Waals surface area contributed by atoms with Crippen molar-refractivity contribution in [2.75, 3.05) is 26.2 Å². The van der Waals surface area contributed by atoms with Crippen LogP contribution in [0, 0.1) is 5.92 Å². The second-order valence-corrected chi connectivity index (χ2v) is 10.5. The lowest BCUT2D eigenvalue weighted by Crippen LogP contribution is -2.46. The molecule has 1 amide bonds. The van der Waals surface area contributed by atoms with E-state index in [4.69, 9.17) is 39.5 Å². The molecule has 2 aromatic carbocycles. The first-order chi connectivity index (χ1) is 14.8. The first-order valence-electron chi connectivity index (χ1n) is 9.83.